The number of cyclic esters (lactones) is 1. The van der Waals surface area contributed by atoms with E-state index in [1.807, 2.05) is 79.7 Å². The van der Waals surface area contributed by atoms with Crippen LogP contribution in [-0.2, 0) is 10.3 Å². The first-order valence-electron chi connectivity index (χ1n) is 13.4. The number of piperidine rings is 1. The van der Waals surface area contributed by atoms with E-state index in [1.165, 1.54) is 6.42 Å². The van der Waals surface area contributed by atoms with Crippen LogP contribution in [0.3, 0.4) is 0 Å². The normalized spacial score (nSPS) is 18.4. The third kappa shape index (κ3) is 4.26. The number of carbonyl (C=O) groups is 1. The number of hydrogen-bond acceptors (Lipinski definition) is 6. The van der Waals surface area contributed by atoms with Crippen LogP contribution in [0.1, 0.15) is 51.9 Å². The molecule has 0 saturated carbocycles. The van der Waals surface area contributed by atoms with Gasteiger partial charge >= 0.3 is 5.97 Å². The van der Waals surface area contributed by atoms with Gasteiger partial charge in [-0.25, -0.2) is 4.79 Å². The number of carbonyl (C=O) groups excluding carboxylic acids is 1. The van der Waals surface area contributed by atoms with Crippen LogP contribution >= 0.6 is 0 Å². The van der Waals surface area contributed by atoms with Gasteiger partial charge in [0.2, 0.25) is 0 Å². The largest absolute Gasteiger partial charge is 0.507 e. The summed E-state index contributed by atoms with van der Waals surface area (Å²) in [6.07, 6.45) is 3.49. The SMILES string of the molecule is COc1cc(C)c(Nc2ccccc2)cc1C1(c2ccc(N3CCCCC3)cc2O)OC(=O)c2ccccc21. The number of anilines is 3. The monoisotopic (exact) mass is 520 g/mol. The average molecular weight is 521 g/mol. The fraction of sp³-hybridized carbons (Fsp3) is 0.242. The van der Waals surface area contributed by atoms with Crippen LogP contribution < -0.4 is 15.0 Å². The maximum Gasteiger partial charge on any atom is 0.340 e. The van der Waals surface area contributed by atoms with Gasteiger partial charge in [0.1, 0.15) is 11.5 Å². The highest BCUT2D eigenvalue weighted by molar-refractivity contribution is 5.97. The molecule has 0 radical (unpaired) electrons. The molecule has 0 aliphatic carbocycles. The predicted octanol–water partition coefficient (Wildman–Crippen LogP) is 6.91. The molecule has 4 aromatic carbocycles. The molecule has 198 valence electrons. The van der Waals surface area contributed by atoms with Crippen molar-refractivity contribution in [2.45, 2.75) is 31.8 Å². The summed E-state index contributed by atoms with van der Waals surface area (Å²) in [4.78, 5) is 15.6. The zero-order valence-corrected chi connectivity index (χ0v) is 22.2. The second-order valence-electron chi connectivity index (χ2n) is 10.2. The van der Waals surface area contributed by atoms with Crippen LogP contribution in [-0.4, -0.2) is 31.3 Å². The summed E-state index contributed by atoms with van der Waals surface area (Å²) in [5.74, 6) is 0.197. The van der Waals surface area contributed by atoms with E-state index in [-0.39, 0.29) is 5.75 Å². The number of fused-ring (bicyclic) bond motifs is 1. The quantitative estimate of drug-likeness (QED) is 0.269. The van der Waals surface area contributed by atoms with Gasteiger partial charge in [-0.05, 0) is 74.2 Å². The van der Waals surface area contributed by atoms with Gasteiger partial charge in [-0.15, -0.1) is 0 Å². The number of phenolic OH excluding ortho intramolecular Hbond substituents is 1. The Balaban J connectivity index is 1.56. The van der Waals surface area contributed by atoms with Crippen molar-refractivity contribution in [2.24, 2.45) is 0 Å². The van der Waals surface area contributed by atoms with Crippen molar-refractivity contribution in [3.05, 3.63) is 113 Å². The Hall–Kier alpha value is -4.45. The standard InChI is InChI=1S/C33H32N2O4/c1-22-19-31(38-2)28(21-29(22)34-23-11-5-3-6-12-23)33(26-14-8-7-13-25(26)32(37)39-33)27-16-15-24(20-30(27)36)35-17-9-4-10-18-35/h3,5-8,11-16,19-21,34,36H,4,9-10,17-18H2,1-2H3. The topological polar surface area (TPSA) is 71.0 Å². The lowest BCUT2D eigenvalue weighted by Gasteiger charge is -2.34. The molecule has 2 aliphatic rings. The molecule has 6 nitrogen and oxygen atoms in total. The lowest BCUT2D eigenvalue weighted by Crippen LogP contribution is -2.31. The minimum Gasteiger partial charge on any atom is -0.507 e. The van der Waals surface area contributed by atoms with Gasteiger partial charge in [-0.1, -0.05) is 36.4 Å². The summed E-state index contributed by atoms with van der Waals surface area (Å²) in [5, 5.41) is 15.1. The Kier molecular flexibility index (Phi) is 6.39. The number of phenols is 1. The zero-order chi connectivity index (χ0) is 27.0. The summed E-state index contributed by atoms with van der Waals surface area (Å²) >= 11 is 0. The van der Waals surface area contributed by atoms with Gasteiger partial charge in [-0.3, -0.25) is 0 Å². The number of aromatic hydroxyl groups is 1. The molecular formula is C33H32N2O4. The molecule has 1 atom stereocenters. The van der Waals surface area contributed by atoms with Crippen LogP contribution in [0.15, 0.2) is 84.9 Å². The van der Waals surface area contributed by atoms with Crippen molar-refractivity contribution in [1.82, 2.24) is 0 Å². The fourth-order valence-electron chi connectivity index (χ4n) is 5.87. The highest BCUT2D eigenvalue weighted by atomic mass is 16.6. The zero-order valence-electron chi connectivity index (χ0n) is 22.2. The van der Waals surface area contributed by atoms with Crippen molar-refractivity contribution in [2.75, 3.05) is 30.4 Å². The minimum atomic E-state index is -1.40. The van der Waals surface area contributed by atoms with E-state index < -0.39 is 11.6 Å². The van der Waals surface area contributed by atoms with Crippen LogP contribution in [0.5, 0.6) is 11.5 Å². The van der Waals surface area contributed by atoms with E-state index in [2.05, 4.69) is 10.2 Å². The second kappa shape index (κ2) is 10.0. The van der Waals surface area contributed by atoms with E-state index in [1.54, 1.807) is 19.2 Å². The molecule has 6 heteroatoms. The molecule has 0 bridgehead atoms. The number of esters is 1. The first-order chi connectivity index (χ1) is 19.0. The predicted molar refractivity (Wildman–Crippen MR) is 153 cm³/mol. The van der Waals surface area contributed by atoms with Crippen molar-refractivity contribution >= 4 is 23.0 Å². The molecule has 2 aliphatic heterocycles. The average Bonchev–Trinajstić information content (AvgIpc) is 3.27. The Morgan fingerprint density at radius 1 is 0.872 bits per heavy atom. The summed E-state index contributed by atoms with van der Waals surface area (Å²) in [6.45, 7) is 3.92. The molecule has 0 amide bonds. The van der Waals surface area contributed by atoms with Gasteiger partial charge in [0.05, 0.1) is 12.7 Å². The summed E-state index contributed by atoms with van der Waals surface area (Å²) in [7, 11) is 1.61. The molecule has 39 heavy (non-hydrogen) atoms. The number of aryl methyl sites for hydroxylation is 1. The van der Waals surface area contributed by atoms with E-state index in [0.29, 0.717) is 28.0 Å². The number of para-hydroxylation sites is 1. The lowest BCUT2D eigenvalue weighted by atomic mass is 9.78. The number of nitrogens with zero attached hydrogens (tertiary/aromatic N) is 1. The number of hydrogen-bond donors (Lipinski definition) is 2. The van der Waals surface area contributed by atoms with Gasteiger partial charge < -0.3 is 24.8 Å². The molecule has 4 aromatic rings. The highest BCUT2D eigenvalue weighted by Gasteiger charge is 2.51. The van der Waals surface area contributed by atoms with Crippen LogP contribution in [0, 0.1) is 6.92 Å². The first kappa shape index (κ1) is 24.9. The third-order valence-corrected chi connectivity index (χ3v) is 7.83. The summed E-state index contributed by atoms with van der Waals surface area (Å²) in [6, 6.07) is 26.9. The van der Waals surface area contributed by atoms with Crippen molar-refractivity contribution in [1.29, 1.82) is 0 Å². The summed E-state index contributed by atoms with van der Waals surface area (Å²) in [5.41, 5.74) is 4.58. The number of benzene rings is 4. The number of ether oxygens (including phenoxy) is 2. The molecule has 0 spiro atoms. The van der Waals surface area contributed by atoms with Crippen molar-refractivity contribution < 1.29 is 19.4 Å². The minimum absolute atomic E-state index is 0.0720. The fourth-order valence-corrected chi connectivity index (χ4v) is 5.87. The van der Waals surface area contributed by atoms with Crippen molar-refractivity contribution in [3.63, 3.8) is 0 Å². The summed E-state index contributed by atoms with van der Waals surface area (Å²) < 4.78 is 12.2. The Labute approximate surface area is 228 Å². The number of rotatable bonds is 6. The van der Waals surface area contributed by atoms with Crippen LogP contribution in [0.25, 0.3) is 0 Å². The molecular weight excluding hydrogens is 488 g/mol. The van der Waals surface area contributed by atoms with E-state index >= 15 is 0 Å². The van der Waals surface area contributed by atoms with E-state index in [4.69, 9.17) is 9.47 Å². The molecule has 2 heterocycles. The van der Waals surface area contributed by atoms with Gasteiger partial charge in [-0.2, -0.15) is 0 Å². The van der Waals surface area contributed by atoms with E-state index in [9.17, 15) is 9.90 Å². The van der Waals surface area contributed by atoms with Crippen molar-refractivity contribution in [3.8, 4) is 11.5 Å². The molecule has 0 aromatic heterocycles. The van der Waals surface area contributed by atoms with Gasteiger partial charge in [0.25, 0.3) is 0 Å². The molecule has 6 rings (SSSR count). The van der Waals surface area contributed by atoms with Crippen LogP contribution in [0.4, 0.5) is 17.1 Å². The Bertz CT molecular complexity index is 1530. The molecule has 2 N–H and O–H groups in total. The first-order valence-corrected chi connectivity index (χ1v) is 13.4. The molecule has 1 fully saturated rings. The number of methoxy groups -OCH3 is 1. The maximum absolute atomic E-state index is 13.3. The number of nitrogens with one attached hydrogen (secondary N) is 1. The Morgan fingerprint density at radius 2 is 1.62 bits per heavy atom. The third-order valence-electron chi connectivity index (χ3n) is 7.83. The molecule has 1 saturated heterocycles. The van der Waals surface area contributed by atoms with Crippen LogP contribution in [0.2, 0.25) is 0 Å². The highest BCUT2D eigenvalue weighted by Crippen LogP contribution is 2.53. The second-order valence-corrected chi connectivity index (χ2v) is 10.2. The smallest absolute Gasteiger partial charge is 0.340 e. The maximum atomic E-state index is 13.3. The van der Waals surface area contributed by atoms with Gasteiger partial charge in [0, 0.05) is 52.9 Å². The van der Waals surface area contributed by atoms with Gasteiger partial charge in [0.15, 0.2) is 5.60 Å². The molecule has 1 unspecified atom stereocenters. The van der Waals surface area contributed by atoms with E-state index in [0.717, 1.165) is 48.6 Å². The Morgan fingerprint density at radius 3 is 2.36 bits per heavy atom. The lowest BCUT2D eigenvalue weighted by molar-refractivity contribution is 0.0239.